The summed E-state index contributed by atoms with van der Waals surface area (Å²) in [6.07, 6.45) is 2.32. The lowest BCUT2D eigenvalue weighted by molar-refractivity contribution is -0.122. The molecule has 0 spiro atoms. The van der Waals surface area contributed by atoms with E-state index in [0.29, 0.717) is 11.3 Å². The van der Waals surface area contributed by atoms with Gasteiger partial charge in [0.25, 0.3) is 0 Å². The average Bonchev–Trinajstić information content (AvgIpc) is 3.68. The zero-order valence-electron chi connectivity index (χ0n) is 19.3. The monoisotopic (exact) mass is 586 g/mol. The van der Waals surface area contributed by atoms with Gasteiger partial charge in [0.2, 0.25) is 5.91 Å². The number of carbonyl (C=O) groups excluding carboxylic acids is 2. The minimum atomic E-state index is -0.404. The fraction of sp³-hybridized carbons (Fsp3) is 0.100. The predicted molar refractivity (Wildman–Crippen MR) is 148 cm³/mol. The van der Waals surface area contributed by atoms with E-state index in [1.165, 1.54) is 0 Å². The van der Waals surface area contributed by atoms with Crippen molar-refractivity contribution in [1.82, 2.24) is 5.43 Å². The van der Waals surface area contributed by atoms with Crippen molar-refractivity contribution in [1.29, 1.82) is 0 Å². The lowest BCUT2D eigenvalue weighted by atomic mass is 9.85. The molecule has 1 aliphatic rings. The molecule has 1 fully saturated rings. The molecule has 1 saturated carbocycles. The second kappa shape index (κ2) is 10.5. The normalized spacial score (nSPS) is 15.9. The maximum absolute atomic E-state index is 13.0. The molecule has 1 atom stereocenters. The highest BCUT2D eigenvalue weighted by atomic mass is 127. The Morgan fingerprint density at radius 2 is 1.42 bits per heavy atom. The van der Waals surface area contributed by atoms with Crippen molar-refractivity contribution in [3.8, 4) is 5.75 Å². The van der Waals surface area contributed by atoms with Gasteiger partial charge < -0.3 is 4.74 Å². The van der Waals surface area contributed by atoms with Crippen molar-refractivity contribution in [3.05, 3.63) is 135 Å². The van der Waals surface area contributed by atoms with E-state index in [0.717, 1.165) is 26.7 Å². The van der Waals surface area contributed by atoms with Gasteiger partial charge in [-0.3, -0.25) is 4.79 Å². The van der Waals surface area contributed by atoms with E-state index < -0.39 is 5.97 Å². The fourth-order valence-corrected chi connectivity index (χ4v) is 5.12. The molecule has 4 aromatic rings. The molecule has 5 nitrogen and oxygen atoms in total. The molecule has 1 N–H and O–H groups in total. The molecule has 1 amide bonds. The fourth-order valence-electron chi connectivity index (χ4n) is 4.51. The van der Waals surface area contributed by atoms with Crippen molar-refractivity contribution < 1.29 is 14.3 Å². The van der Waals surface area contributed by atoms with Gasteiger partial charge in [0.1, 0.15) is 5.75 Å². The Morgan fingerprint density at radius 1 is 0.833 bits per heavy atom. The average molecular weight is 586 g/mol. The number of esters is 1. The number of nitrogens with one attached hydrogen (secondary N) is 1. The highest BCUT2D eigenvalue weighted by Gasteiger charge is 2.60. The third kappa shape index (κ3) is 4.95. The molecule has 1 aliphatic carbocycles. The zero-order chi connectivity index (χ0) is 25.0. The van der Waals surface area contributed by atoms with E-state index in [2.05, 4.69) is 57.4 Å². The lowest BCUT2D eigenvalue weighted by Crippen LogP contribution is -2.25. The Labute approximate surface area is 223 Å². The minimum absolute atomic E-state index is 0.109. The summed E-state index contributed by atoms with van der Waals surface area (Å²) in [5, 5.41) is 4.17. The van der Waals surface area contributed by atoms with Crippen molar-refractivity contribution in [2.24, 2.45) is 11.0 Å². The number of hydrazone groups is 1. The van der Waals surface area contributed by atoms with Gasteiger partial charge >= 0.3 is 5.97 Å². The van der Waals surface area contributed by atoms with E-state index in [9.17, 15) is 9.59 Å². The second-order valence-corrected chi connectivity index (χ2v) is 9.79. The molecular weight excluding hydrogens is 563 g/mol. The van der Waals surface area contributed by atoms with Gasteiger partial charge in [-0.25, -0.2) is 10.2 Å². The van der Waals surface area contributed by atoms with Crippen LogP contribution in [0.3, 0.4) is 0 Å². The molecule has 0 aliphatic heterocycles. The molecule has 4 aromatic carbocycles. The van der Waals surface area contributed by atoms with Gasteiger partial charge in [0.15, 0.2) is 0 Å². The molecule has 0 aromatic heterocycles. The maximum atomic E-state index is 13.0. The molecule has 178 valence electrons. The van der Waals surface area contributed by atoms with Crippen molar-refractivity contribution in [3.63, 3.8) is 0 Å². The smallest absolute Gasteiger partial charge is 0.344 e. The maximum Gasteiger partial charge on any atom is 0.344 e. The van der Waals surface area contributed by atoms with Gasteiger partial charge in [-0.1, -0.05) is 72.8 Å². The molecule has 0 heterocycles. The molecule has 1 unspecified atom stereocenters. The van der Waals surface area contributed by atoms with Crippen LogP contribution >= 0.6 is 22.6 Å². The number of carbonyl (C=O) groups is 2. The molecule has 0 saturated heterocycles. The zero-order valence-corrected chi connectivity index (χ0v) is 21.5. The van der Waals surface area contributed by atoms with Crippen LogP contribution in [0, 0.1) is 9.49 Å². The molecular formula is C30H23IN2O3. The van der Waals surface area contributed by atoms with E-state index >= 15 is 0 Å². The predicted octanol–water partition coefficient (Wildman–Crippen LogP) is 5.97. The van der Waals surface area contributed by atoms with Gasteiger partial charge in [-0.15, -0.1) is 0 Å². The highest BCUT2D eigenvalue weighted by Crippen LogP contribution is 2.58. The van der Waals surface area contributed by atoms with E-state index in [4.69, 9.17) is 4.74 Å². The van der Waals surface area contributed by atoms with Gasteiger partial charge in [0.05, 0.1) is 17.7 Å². The summed E-state index contributed by atoms with van der Waals surface area (Å²) >= 11 is 2.11. The number of amides is 1. The Kier molecular flexibility index (Phi) is 6.95. The Morgan fingerprint density at radius 3 is 2.03 bits per heavy atom. The first-order chi connectivity index (χ1) is 17.6. The lowest BCUT2D eigenvalue weighted by Gasteiger charge is -2.18. The number of benzene rings is 4. The van der Waals surface area contributed by atoms with Crippen molar-refractivity contribution in [2.75, 3.05) is 0 Å². The van der Waals surface area contributed by atoms with E-state index in [-0.39, 0.29) is 17.2 Å². The van der Waals surface area contributed by atoms with Crippen LogP contribution in [0.25, 0.3) is 0 Å². The number of nitrogens with zero attached hydrogens (tertiary/aromatic N) is 1. The minimum Gasteiger partial charge on any atom is -0.423 e. The molecule has 6 heteroatoms. The molecule has 36 heavy (non-hydrogen) atoms. The number of rotatable bonds is 7. The van der Waals surface area contributed by atoms with Gasteiger partial charge in [0, 0.05) is 8.99 Å². The number of hydrogen-bond donors (Lipinski definition) is 1. The SMILES string of the molecule is O=C(Oc1ccc(C=NNC(=O)C2CC2(c2ccccc2)c2ccccc2)cc1)c1ccccc1I. The molecule has 0 radical (unpaired) electrons. The van der Waals surface area contributed by atoms with Crippen LogP contribution in [-0.2, 0) is 10.2 Å². The van der Waals surface area contributed by atoms with Gasteiger partial charge in [-0.05, 0) is 82.1 Å². The van der Waals surface area contributed by atoms with Crippen LogP contribution < -0.4 is 10.2 Å². The summed E-state index contributed by atoms with van der Waals surface area (Å²) in [5.74, 6) is -0.267. The third-order valence-electron chi connectivity index (χ3n) is 6.43. The summed E-state index contributed by atoms with van der Waals surface area (Å²) in [6.45, 7) is 0. The Bertz CT molecular complexity index is 1360. The topological polar surface area (TPSA) is 67.8 Å². The highest BCUT2D eigenvalue weighted by molar-refractivity contribution is 14.1. The summed E-state index contributed by atoms with van der Waals surface area (Å²) in [5.41, 5.74) is 5.94. The van der Waals surface area contributed by atoms with Crippen LogP contribution in [0.1, 0.15) is 33.5 Å². The summed E-state index contributed by atoms with van der Waals surface area (Å²) < 4.78 is 6.30. The van der Waals surface area contributed by atoms with E-state index in [1.54, 1.807) is 42.6 Å². The van der Waals surface area contributed by atoms with Crippen LogP contribution in [0.5, 0.6) is 5.75 Å². The first kappa shape index (κ1) is 23.9. The largest absolute Gasteiger partial charge is 0.423 e. The molecule has 5 rings (SSSR count). The number of ether oxygens (including phenoxy) is 1. The quantitative estimate of drug-likeness (QED) is 0.0955. The third-order valence-corrected chi connectivity index (χ3v) is 7.37. The van der Waals surface area contributed by atoms with Crippen molar-refractivity contribution in [2.45, 2.75) is 11.8 Å². The van der Waals surface area contributed by atoms with Gasteiger partial charge in [-0.2, -0.15) is 5.10 Å². The first-order valence-corrected chi connectivity index (χ1v) is 12.7. The Balaban J connectivity index is 1.22. The van der Waals surface area contributed by atoms with Crippen LogP contribution in [0.15, 0.2) is 114 Å². The second-order valence-electron chi connectivity index (χ2n) is 8.63. The number of halogens is 1. The summed E-state index contributed by atoms with van der Waals surface area (Å²) in [7, 11) is 0. The van der Waals surface area contributed by atoms with Crippen LogP contribution in [0.4, 0.5) is 0 Å². The van der Waals surface area contributed by atoms with E-state index in [1.807, 2.05) is 48.5 Å². The standard InChI is InChI=1S/C30H23IN2O3/c31-27-14-8-7-13-25(27)29(35)36-24-17-15-21(16-18-24)20-32-33-28(34)26-19-30(26,22-9-3-1-4-10-22)23-11-5-2-6-12-23/h1-18,20,26H,19H2,(H,33,34). The Hall–Kier alpha value is -3.78. The van der Waals surface area contributed by atoms with Crippen molar-refractivity contribution >= 4 is 40.7 Å². The van der Waals surface area contributed by atoms with Crippen LogP contribution in [0.2, 0.25) is 0 Å². The number of hydrogen-bond acceptors (Lipinski definition) is 4. The molecule has 0 bridgehead atoms. The summed E-state index contributed by atoms with van der Waals surface area (Å²) in [4.78, 5) is 25.4. The first-order valence-electron chi connectivity index (χ1n) is 11.6. The summed E-state index contributed by atoms with van der Waals surface area (Å²) in [6, 6.07) is 34.6. The van der Waals surface area contributed by atoms with Crippen LogP contribution in [-0.4, -0.2) is 18.1 Å².